The highest BCUT2D eigenvalue weighted by atomic mass is 19.4. The molecule has 0 aromatic heterocycles. The van der Waals surface area contributed by atoms with Crippen LogP contribution >= 0.6 is 0 Å². The van der Waals surface area contributed by atoms with Crippen LogP contribution in [0.2, 0.25) is 0 Å². The van der Waals surface area contributed by atoms with Gasteiger partial charge in [-0.3, -0.25) is 4.79 Å². The molecule has 3 saturated heterocycles. The summed E-state index contributed by atoms with van der Waals surface area (Å²) in [5, 5.41) is 0. The molecule has 3 fully saturated rings. The molecule has 10 heteroatoms. The molecule has 0 N–H and O–H groups in total. The number of hydrogen-bond acceptors (Lipinski definition) is 7. The quantitative estimate of drug-likeness (QED) is 0.407. The number of carbonyl (C=O) groups excluding carboxylic acids is 3. The van der Waals surface area contributed by atoms with Crippen molar-refractivity contribution in [3.8, 4) is 0 Å². The maximum atomic E-state index is 12.3. The van der Waals surface area contributed by atoms with E-state index in [0.29, 0.717) is 6.42 Å². The van der Waals surface area contributed by atoms with Crippen LogP contribution in [0.3, 0.4) is 0 Å². The molecule has 138 valence electrons. The van der Waals surface area contributed by atoms with Crippen molar-refractivity contribution in [3.05, 3.63) is 12.2 Å². The van der Waals surface area contributed by atoms with Gasteiger partial charge in [-0.25, -0.2) is 9.59 Å². The Balaban J connectivity index is 1.57. The summed E-state index contributed by atoms with van der Waals surface area (Å²) >= 11 is 0. The molecule has 0 aliphatic carbocycles. The first-order chi connectivity index (χ1) is 11.6. The number of alkyl halides is 3. The molecular weight excluding hydrogens is 349 g/mol. The van der Waals surface area contributed by atoms with Gasteiger partial charge in [0.15, 0.2) is 18.8 Å². The molecule has 0 spiro atoms. The van der Waals surface area contributed by atoms with Crippen LogP contribution in [0, 0.1) is 11.8 Å². The molecule has 2 bridgehead atoms. The highest BCUT2D eigenvalue weighted by Gasteiger charge is 2.69. The van der Waals surface area contributed by atoms with E-state index < -0.39 is 60.7 Å². The fourth-order valence-electron chi connectivity index (χ4n) is 3.58. The molecule has 6 atom stereocenters. The minimum Gasteiger partial charge on any atom is -0.455 e. The zero-order chi connectivity index (χ0) is 18.5. The van der Waals surface area contributed by atoms with E-state index in [9.17, 15) is 27.6 Å². The molecule has 3 aliphatic heterocycles. The van der Waals surface area contributed by atoms with Crippen LogP contribution in [0.25, 0.3) is 0 Å². The second kappa shape index (κ2) is 6.01. The van der Waals surface area contributed by atoms with Gasteiger partial charge in [-0.15, -0.1) is 0 Å². The Bertz CT molecular complexity index is 629. The Morgan fingerprint density at radius 1 is 1.24 bits per heavy atom. The molecule has 0 aromatic carbocycles. The van der Waals surface area contributed by atoms with Gasteiger partial charge in [-0.2, -0.15) is 13.2 Å². The van der Waals surface area contributed by atoms with Crippen molar-refractivity contribution in [3.63, 3.8) is 0 Å². The van der Waals surface area contributed by atoms with E-state index in [1.165, 1.54) is 0 Å². The Morgan fingerprint density at radius 2 is 1.92 bits per heavy atom. The van der Waals surface area contributed by atoms with E-state index in [-0.39, 0.29) is 11.8 Å². The summed E-state index contributed by atoms with van der Waals surface area (Å²) in [6.45, 7) is 3.42. The predicted octanol–water partition coefficient (Wildman–Crippen LogP) is 0.909. The van der Waals surface area contributed by atoms with Crippen molar-refractivity contribution in [2.45, 2.75) is 43.9 Å². The van der Waals surface area contributed by atoms with Crippen molar-refractivity contribution in [1.29, 1.82) is 0 Å². The normalized spacial score (nSPS) is 35.4. The largest absolute Gasteiger partial charge is 0.455 e. The van der Waals surface area contributed by atoms with Crippen LogP contribution in [0.15, 0.2) is 12.2 Å². The summed E-state index contributed by atoms with van der Waals surface area (Å²) in [6, 6.07) is 0. The number of fused-ring (bicyclic) bond motifs is 1. The standard InChI is InChI=1S/C15H15F3O7/c1-3-6-8-10-12(25-14(8)21)11(9(6)24-10)23-7(19)4-22-13(20)5(2)15(16,17)18/h6,8-12H,2-4H2,1H3. The molecule has 0 amide bonds. The molecule has 0 saturated carbocycles. The van der Waals surface area contributed by atoms with E-state index >= 15 is 0 Å². The number of halogens is 3. The highest BCUT2D eigenvalue weighted by molar-refractivity contribution is 5.90. The fraction of sp³-hybridized carbons (Fsp3) is 0.667. The van der Waals surface area contributed by atoms with E-state index in [1.807, 2.05) is 6.92 Å². The average Bonchev–Trinajstić information content (AvgIpc) is 3.14. The first-order valence-corrected chi connectivity index (χ1v) is 7.63. The SMILES string of the molecule is C=C(C(=O)OCC(=O)OC1C2OC3C1OC(=O)C3C2CC)C(F)(F)F. The topological polar surface area (TPSA) is 88.1 Å². The lowest BCUT2D eigenvalue weighted by Crippen LogP contribution is -2.45. The van der Waals surface area contributed by atoms with E-state index in [1.54, 1.807) is 0 Å². The minimum absolute atomic E-state index is 0.165. The molecule has 7 nitrogen and oxygen atoms in total. The molecule has 25 heavy (non-hydrogen) atoms. The van der Waals surface area contributed by atoms with Gasteiger partial charge < -0.3 is 18.9 Å². The van der Waals surface area contributed by atoms with Crippen molar-refractivity contribution >= 4 is 17.9 Å². The molecule has 3 aliphatic rings. The van der Waals surface area contributed by atoms with Gasteiger partial charge in [-0.1, -0.05) is 13.5 Å². The molecular formula is C15H15F3O7. The van der Waals surface area contributed by atoms with E-state index in [4.69, 9.17) is 14.2 Å². The lowest BCUT2D eigenvalue weighted by molar-refractivity contribution is -0.170. The van der Waals surface area contributed by atoms with Crippen molar-refractivity contribution < 1.29 is 46.5 Å². The van der Waals surface area contributed by atoms with Gasteiger partial charge >= 0.3 is 24.1 Å². The van der Waals surface area contributed by atoms with Gasteiger partial charge in [0.05, 0.1) is 5.92 Å². The monoisotopic (exact) mass is 364 g/mol. The summed E-state index contributed by atoms with van der Waals surface area (Å²) in [6.07, 6.45) is -6.96. The van der Waals surface area contributed by atoms with Gasteiger partial charge in [0.25, 0.3) is 0 Å². The number of rotatable bonds is 5. The van der Waals surface area contributed by atoms with Gasteiger partial charge in [0.1, 0.15) is 17.8 Å². The zero-order valence-electron chi connectivity index (χ0n) is 13.1. The average molecular weight is 364 g/mol. The van der Waals surface area contributed by atoms with Gasteiger partial charge in [0, 0.05) is 5.92 Å². The second-order valence-electron chi connectivity index (χ2n) is 6.07. The van der Waals surface area contributed by atoms with Crippen LogP contribution in [-0.4, -0.2) is 55.1 Å². The summed E-state index contributed by atoms with van der Waals surface area (Å²) < 4.78 is 57.1. The van der Waals surface area contributed by atoms with Crippen LogP contribution in [0.5, 0.6) is 0 Å². The lowest BCUT2D eigenvalue weighted by atomic mass is 9.77. The van der Waals surface area contributed by atoms with E-state index in [0.717, 1.165) is 0 Å². The Labute approximate surface area is 140 Å². The number of carbonyl (C=O) groups is 3. The summed E-state index contributed by atoms with van der Waals surface area (Å²) in [5.41, 5.74) is -1.72. The van der Waals surface area contributed by atoms with Crippen LogP contribution in [-0.2, 0) is 33.3 Å². The van der Waals surface area contributed by atoms with Crippen molar-refractivity contribution in [2.24, 2.45) is 11.8 Å². The van der Waals surface area contributed by atoms with Crippen LogP contribution in [0.4, 0.5) is 13.2 Å². The van der Waals surface area contributed by atoms with Crippen molar-refractivity contribution in [1.82, 2.24) is 0 Å². The van der Waals surface area contributed by atoms with Gasteiger partial charge in [0.2, 0.25) is 0 Å². The highest BCUT2D eigenvalue weighted by Crippen LogP contribution is 2.52. The smallest absolute Gasteiger partial charge is 0.422 e. The molecule has 0 radical (unpaired) electrons. The lowest BCUT2D eigenvalue weighted by Gasteiger charge is -2.27. The molecule has 3 rings (SSSR count). The zero-order valence-corrected chi connectivity index (χ0v) is 13.1. The summed E-state index contributed by atoms with van der Waals surface area (Å²) in [4.78, 5) is 34.8. The second-order valence-corrected chi connectivity index (χ2v) is 6.07. The van der Waals surface area contributed by atoms with Crippen molar-refractivity contribution in [2.75, 3.05) is 6.61 Å². The number of esters is 3. The summed E-state index contributed by atoms with van der Waals surface area (Å²) in [7, 11) is 0. The van der Waals surface area contributed by atoms with Crippen LogP contribution in [0.1, 0.15) is 13.3 Å². The number of hydrogen-bond donors (Lipinski definition) is 0. The minimum atomic E-state index is -4.94. The van der Waals surface area contributed by atoms with Crippen LogP contribution < -0.4 is 0 Å². The maximum Gasteiger partial charge on any atom is 0.422 e. The Kier molecular flexibility index (Phi) is 4.26. The Hall–Kier alpha value is -2.10. The first kappa shape index (κ1) is 17.7. The first-order valence-electron chi connectivity index (χ1n) is 7.63. The van der Waals surface area contributed by atoms with E-state index in [2.05, 4.69) is 11.3 Å². The number of ether oxygens (including phenoxy) is 4. The molecule has 6 unspecified atom stereocenters. The third-order valence-corrected chi connectivity index (χ3v) is 4.70. The predicted molar refractivity (Wildman–Crippen MR) is 71.8 cm³/mol. The molecule has 0 aromatic rings. The Morgan fingerprint density at radius 3 is 2.52 bits per heavy atom. The third-order valence-electron chi connectivity index (χ3n) is 4.70. The fourth-order valence-corrected chi connectivity index (χ4v) is 3.58. The maximum absolute atomic E-state index is 12.3. The molecule has 3 heterocycles. The van der Waals surface area contributed by atoms with Gasteiger partial charge in [-0.05, 0) is 6.42 Å². The summed E-state index contributed by atoms with van der Waals surface area (Å²) in [5.74, 6) is -3.77. The third kappa shape index (κ3) is 2.88.